The zero-order valence-electron chi connectivity index (χ0n) is 18.8. The highest BCUT2D eigenvalue weighted by molar-refractivity contribution is 5.99. The number of fused-ring (bicyclic) bond motifs is 1. The molecule has 0 aliphatic carbocycles. The van der Waals surface area contributed by atoms with E-state index in [1.54, 1.807) is 29.4 Å². The van der Waals surface area contributed by atoms with E-state index in [0.29, 0.717) is 37.8 Å². The third-order valence-corrected chi connectivity index (χ3v) is 5.82. The molecule has 0 saturated carbocycles. The molecule has 1 aliphatic heterocycles. The van der Waals surface area contributed by atoms with Crippen LogP contribution in [0.4, 0.5) is 31.7 Å². The van der Waals surface area contributed by atoms with Crippen LogP contribution in [0.2, 0.25) is 0 Å². The second-order valence-electron chi connectivity index (χ2n) is 8.04. The lowest BCUT2D eigenvalue weighted by Gasteiger charge is -2.29. The van der Waals surface area contributed by atoms with Gasteiger partial charge in [-0.1, -0.05) is 18.7 Å². The number of amides is 1. The number of halogens is 2. The fraction of sp³-hybridized carbons (Fsp3) is 0.154. The highest BCUT2D eigenvalue weighted by Crippen LogP contribution is 2.30. The summed E-state index contributed by atoms with van der Waals surface area (Å²) in [5.41, 5.74) is 3.36. The molecule has 0 spiro atoms. The SMILES string of the molecule is C=CC(=O)Nc1cccc(-c2ccc3cnc(Nc4ccc(N5CCOCC5)c(F)c4F)cn23)c1. The Morgan fingerprint density at radius 1 is 1.09 bits per heavy atom. The summed E-state index contributed by atoms with van der Waals surface area (Å²) in [6, 6.07) is 14.3. The van der Waals surface area contributed by atoms with E-state index in [1.165, 1.54) is 12.1 Å². The third-order valence-electron chi connectivity index (χ3n) is 5.82. The van der Waals surface area contributed by atoms with Crippen molar-refractivity contribution in [3.05, 3.63) is 85.2 Å². The van der Waals surface area contributed by atoms with E-state index in [2.05, 4.69) is 22.2 Å². The normalized spacial score (nSPS) is 13.6. The Kier molecular flexibility index (Phi) is 6.15. The summed E-state index contributed by atoms with van der Waals surface area (Å²) in [7, 11) is 0. The Bertz CT molecular complexity index is 1410. The van der Waals surface area contributed by atoms with Crippen LogP contribution in [0.15, 0.2) is 73.6 Å². The highest BCUT2D eigenvalue weighted by Gasteiger charge is 2.20. The predicted octanol–water partition coefficient (Wildman–Crippen LogP) is 4.98. The molecule has 0 bridgehead atoms. The maximum absolute atomic E-state index is 14.9. The number of benzene rings is 2. The minimum Gasteiger partial charge on any atom is -0.378 e. The standard InChI is InChI=1S/C26H23F2N5O2/c1-2-24(34)30-18-5-3-4-17(14-18)21-8-6-19-15-29-23(16-33(19)21)31-20-7-9-22(26(28)25(20)27)32-10-12-35-13-11-32/h2-9,14-16,31H,1,10-13H2,(H,30,34). The van der Waals surface area contributed by atoms with Gasteiger partial charge >= 0.3 is 0 Å². The molecule has 1 fully saturated rings. The topological polar surface area (TPSA) is 70.9 Å². The Balaban J connectivity index is 1.44. The predicted molar refractivity (Wildman–Crippen MR) is 132 cm³/mol. The van der Waals surface area contributed by atoms with E-state index in [-0.39, 0.29) is 17.3 Å². The Morgan fingerprint density at radius 3 is 2.71 bits per heavy atom. The first-order chi connectivity index (χ1) is 17.0. The number of aromatic nitrogens is 2. The van der Waals surface area contributed by atoms with Crippen molar-refractivity contribution >= 4 is 34.3 Å². The second-order valence-corrected chi connectivity index (χ2v) is 8.04. The van der Waals surface area contributed by atoms with Gasteiger partial charge < -0.3 is 24.7 Å². The molecular weight excluding hydrogens is 452 g/mol. The van der Waals surface area contributed by atoms with Gasteiger partial charge in [-0.3, -0.25) is 4.79 Å². The van der Waals surface area contributed by atoms with E-state index in [0.717, 1.165) is 16.8 Å². The molecule has 1 aliphatic rings. The van der Waals surface area contributed by atoms with E-state index in [1.807, 2.05) is 34.7 Å². The molecule has 0 unspecified atom stereocenters. The number of nitrogens with zero attached hydrogens (tertiary/aromatic N) is 3. The summed E-state index contributed by atoms with van der Waals surface area (Å²) in [5, 5.41) is 5.64. The van der Waals surface area contributed by atoms with Crippen LogP contribution < -0.4 is 15.5 Å². The van der Waals surface area contributed by atoms with Gasteiger partial charge in [0.15, 0.2) is 11.6 Å². The van der Waals surface area contributed by atoms with Crippen molar-refractivity contribution < 1.29 is 18.3 Å². The van der Waals surface area contributed by atoms with E-state index in [4.69, 9.17) is 4.74 Å². The number of anilines is 4. The average molecular weight is 475 g/mol. The fourth-order valence-electron chi connectivity index (χ4n) is 4.08. The van der Waals surface area contributed by atoms with Gasteiger partial charge in [-0.25, -0.2) is 13.8 Å². The Morgan fingerprint density at radius 2 is 1.91 bits per heavy atom. The van der Waals surface area contributed by atoms with Gasteiger partial charge in [0.25, 0.3) is 0 Å². The monoisotopic (exact) mass is 475 g/mol. The summed E-state index contributed by atoms with van der Waals surface area (Å²) in [6.07, 6.45) is 4.57. The Hall–Kier alpha value is -4.24. The smallest absolute Gasteiger partial charge is 0.247 e. The molecule has 0 atom stereocenters. The van der Waals surface area contributed by atoms with Gasteiger partial charge in [-0.05, 0) is 42.5 Å². The number of hydrogen-bond donors (Lipinski definition) is 2. The number of morpholine rings is 1. The lowest BCUT2D eigenvalue weighted by atomic mass is 10.1. The molecule has 2 aromatic carbocycles. The van der Waals surface area contributed by atoms with Gasteiger partial charge in [-0.15, -0.1) is 0 Å². The van der Waals surface area contributed by atoms with Crippen LogP contribution in [0.5, 0.6) is 0 Å². The lowest BCUT2D eigenvalue weighted by molar-refractivity contribution is -0.111. The van der Waals surface area contributed by atoms with Crippen LogP contribution in [0.1, 0.15) is 0 Å². The molecule has 3 heterocycles. The zero-order chi connectivity index (χ0) is 24.4. The summed E-state index contributed by atoms with van der Waals surface area (Å²) in [4.78, 5) is 17.8. The van der Waals surface area contributed by atoms with E-state index in [9.17, 15) is 13.6 Å². The average Bonchev–Trinajstić information content (AvgIpc) is 3.31. The van der Waals surface area contributed by atoms with Crippen molar-refractivity contribution in [2.24, 2.45) is 0 Å². The minimum absolute atomic E-state index is 0.00537. The first kappa shape index (κ1) is 22.5. The number of carbonyl (C=O) groups excluding carboxylic acids is 1. The van der Waals surface area contributed by atoms with Crippen molar-refractivity contribution in [3.8, 4) is 11.3 Å². The highest BCUT2D eigenvalue weighted by atomic mass is 19.2. The summed E-state index contributed by atoms with van der Waals surface area (Å²) < 4.78 is 36.9. The molecule has 0 radical (unpaired) electrons. The lowest BCUT2D eigenvalue weighted by Crippen LogP contribution is -2.36. The number of ether oxygens (including phenoxy) is 1. The van der Waals surface area contributed by atoms with Crippen LogP contribution >= 0.6 is 0 Å². The first-order valence-electron chi connectivity index (χ1n) is 11.1. The van der Waals surface area contributed by atoms with Gasteiger partial charge in [-0.2, -0.15) is 0 Å². The van der Waals surface area contributed by atoms with Gasteiger partial charge in [0.1, 0.15) is 5.82 Å². The van der Waals surface area contributed by atoms with Crippen molar-refractivity contribution in [3.63, 3.8) is 0 Å². The van der Waals surface area contributed by atoms with E-state index < -0.39 is 11.6 Å². The number of nitrogens with one attached hydrogen (secondary N) is 2. The molecule has 35 heavy (non-hydrogen) atoms. The maximum atomic E-state index is 14.9. The van der Waals surface area contributed by atoms with Crippen molar-refractivity contribution in [2.75, 3.05) is 41.8 Å². The molecule has 178 valence electrons. The van der Waals surface area contributed by atoms with Crippen LogP contribution in [0.3, 0.4) is 0 Å². The van der Waals surface area contributed by atoms with Crippen LogP contribution in [-0.2, 0) is 9.53 Å². The van der Waals surface area contributed by atoms with Crippen LogP contribution in [0.25, 0.3) is 16.8 Å². The molecule has 1 amide bonds. The van der Waals surface area contributed by atoms with Crippen molar-refractivity contribution in [2.45, 2.75) is 0 Å². The Labute approximate surface area is 200 Å². The molecule has 2 N–H and O–H groups in total. The molecule has 7 nitrogen and oxygen atoms in total. The van der Waals surface area contributed by atoms with Crippen molar-refractivity contribution in [1.82, 2.24) is 9.38 Å². The third kappa shape index (κ3) is 4.58. The van der Waals surface area contributed by atoms with E-state index >= 15 is 0 Å². The summed E-state index contributed by atoms with van der Waals surface area (Å²) in [5.74, 6) is -1.82. The van der Waals surface area contributed by atoms with Gasteiger partial charge in [0, 0.05) is 24.3 Å². The first-order valence-corrected chi connectivity index (χ1v) is 11.1. The van der Waals surface area contributed by atoms with Crippen LogP contribution in [-0.4, -0.2) is 41.6 Å². The van der Waals surface area contributed by atoms with Crippen LogP contribution in [0, 0.1) is 11.6 Å². The molecule has 9 heteroatoms. The zero-order valence-corrected chi connectivity index (χ0v) is 18.8. The van der Waals surface area contributed by atoms with Gasteiger partial charge in [0.2, 0.25) is 5.91 Å². The van der Waals surface area contributed by atoms with Gasteiger partial charge in [0.05, 0.1) is 48.2 Å². The number of carbonyl (C=O) groups is 1. The number of rotatable bonds is 6. The minimum atomic E-state index is -0.964. The molecule has 5 rings (SSSR count). The maximum Gasteiger partial charge on any atom is 0.247 e. The molecular formula is C26H23F2N5O2. The number of hydrogen-bond acceptors (Lipinski definition) is 5. The molecule has 2 aromatic heterocycles. The largest absolute Gasteiger partial charge is 0.378 e. The van der Waals surface area contributed by atoms with Crippen molar-refractivity contribution in [1.29, 1.82) is 0 Å². The fourth-order valence-corrected chi connectivity index (χ4v) is 4.08. The second kappa shape index (κ2) is 9.55. The quantitative estimate of drug-likeness (QED) is 0.385. The summed E-state index contributed by atoms with van der Waals surface area (Å²) in [6.45, 7) is 5.45. The summed E-state index contributed by atoms with van der Waals surface area (Å²) >= 11 is 0. The molecule has 1 saturated heterocycles. The molecule has 4 aromatic rings.